The molecule has 22 heavy (non-hydrogen) atoms. The molecular formula is C21H38N+. The summed E-state index contributed by atoms with van der Waals surface area (Å²) in [5, 5.41) is 0. The van der Waals surface area contributed by atoms with Crippen LogP contribution in [0.4, 0.5) is 5.69 Å². The van der Waals surface area contributed by atoms with Crippen LogP contribution in [-0.4, -0.2) is 19.6 Å². The molecule has 126 valence electrons. The summed E-state index contributed by atoms with van der Waals surface area (Å²) >= 11 is 0. The third-order valence-electron chi connectivity index (χ3n) is 5.36. The lowest BCUT2D eigenvalue weighted by molar-refractivity contribution is 0.258. The molecule has 0 aliphatic heterocycles. The SMILES string of the molecule is CCCC[N+](CCCC)(CCCC)c1ccc(C)c(C)c1C. The van der Waals surface area contributed by atoms with Crippen molar-refractivity contribution in [2.75, 3.05) is 19.6 Å². The quantitative estimate of drug-likeness (QED) is 0.444. The summed E-state index contributed by atoms with van der Waals surface area (Å²) in [6.45, 7) is 17.8. The summed E-state index contributed by atoms with van der Waals surface area (Å²) in [6.07, 6.45) is 7.88. The average Bonchev–Trinajstić information content (AvgIpc) is 2.53. The van der Waals surface area contributed by atoms with E-state index >= 15 is 0 Å². The van der Waals surface area contributed by atoms with E-state index in [1.807, 2.05) is 0 Å². The van der Waals surface area contributed by atoms with Crippen molar-refractivity contribution in [2.24, 2.45) is 0 Å². The first kappa shape index (κ1) is 19.2. The van der Waals surface area contributed by atoms with Gasteiger partial charge in [0.05, 0.1) is 19.6 Å². The van der Waals surface area contributed by atoms with Crippen molar-refractivity contribution in [3.8, 4) is 0 Å². The first-order valence-corrected chi connectivity index (χ1v) is 9.45. The van der Waals surface area contributed by atoms with Gasteiger partial charge in [-0.1, -0.05) is 46.1 Å². The second-order valence-electron chi connectivity index (χ2n) is 7.03. The molecule has 0 saturated heterocycles. The summed E-state index contributed by atoms with van der Waals surface area (Å²) in [5.74, 6) is 0. The van der Waals surface area contributed by atoms with Gasteiger partial charge in [0.1, 0.15) is 5.69 Å². The lowest BCUT2D eigenvalue weighted by Crippen LogP contribution is -2.52. The Bertz CT molecular complexity index is 426. The number of hydrogen-bond acceptors (Lipinski definition) is 0. The van der Waals surface area contributed by atoms with Crippen LogP contribution in [0.15, 0.2) is 12.1 Å². The Morgan fingerprint density at radius 3 is 1.55 bits per heavy atom. The Labute approximate surface area is 139 Å². The molecule has 0 fully saturated rings. The molecule has 0 amide bonds. The minimum Gasteiger partial charge on any atom is -0.291 e. The number of hydrogen-bond donors (Lipinski definition) is 0. The van der Waals surface area contributed by atoms with Crippen LogP contribution < -0.4 is 4.48 Å². The van der Waals surface area contributed by atoms with Gasteiger partial charge in [-0.05, 0) is 57.2 Å². The molecule has 1 heteroatoms. The fourth-order valence-electron chi connectivity index (χ4n) is 3.53. The highest BCUT2D eigenvalue weighted by Crippen LogP contribution is 2.32. The van der Waals surface area contributed by atoms with Crippen molar-refractivity contribution >= 4 is 5.69 Å². The normalized spacial score (nSPS) is 11.9. The maximum Gasteiger partial charge on any atom is 0.136 e. The monoisotopic (exact) mass is 304 g/mol. The largest absolute Gasteiger partial charge is 0.291 e. The van der Waals surface area contributed by atoms with Crippen LogP contribution in [0, 0.1) is 20.8 Å². The molecule has 1 aromatic rings. The Balaban J connectivity index is 3.28. The molecule has 0 N–H and O–H groups in total. The maximum absolute atomic E-state index is 2.43. The summed E-state index contributed by atoms with van der Waals surface area (Å²) < 4.78 is 1.21. The third kappa shape index (κ3) is 4.59. The van der Waals surface area contributed by atoms with Crippen molar-refractivity contribution in [2.45, 2.75) is 80.1 Å². The molecule has 0 unspecified atom stereocenters. The van der Waals surface area contributed by atoms with E-state index in [4.69, 9.17) is 0 Å². The van der Waals surface area contributed by atoms with Gasteiger partial charge in [-0.2, -0.15) is 0 Å². The highest BCUT2D eigenvalue weighted by molar-refractivity contribution is 5.55. The van der Waals surface area contributed by atoms with E-state index in [1.54, 1.807) is 5.69 Å². The van der Waals surface area contributed by atoms with E-state index < -0.39 is 0 Å². The molecule has 0 aromatic heterocycles. The number of quaternary nitrogens is 1. The number of nitrogens with zero attached hydrogens (tertiary/aromatic N) is 1. The number of unbranched alkanes of at least 4 members (excludes halogenated alkanes) is 3. The molecule has 0 aliphatic carbocycles. The van der Waals surface area contributed by atoms with E-state index in [0.717, 1.165) is 0 Å². The number of rotatable bonds is 10. The van der Waals surface area contributed by atoms with Crippen LogP contribution in [0.2, 0.25) is 0 Å². The summed E-state index contributed by atoms with van der Waals surface area (Å²) in [5.41, 5.74) is 6.05. The van der Waals surface area contributed by atoms with Gasteiger partial charge >= 0.3 is 0 Å². The summed E-state index contributed by atoms with van der Waals surface area (Å²) in [4.78, 5) is 0. The molecule has 0 saturated carbocycles. The van der Waals surface area contributed by atoms with Crippen molar-refractivity contribution in [3.05, 3.63) is 28.8 Å². The Hall–Kier alpha value is -0.820. The van der Waals surface area contributed by atoms with Crippen LogP contribution >= 0.6 is 0 Å². The molecule has 1 aromatic carbocycles. The van der Waals surface area contributed by atoms with Crippen molar-refractivity contribution in [1.82, 2.24) is 4.48 Å². The van der Waals surface area contributed by atoms with Gasteiger partial charge in [-0.25, -0.2) is 0 Å². The van der Waals surface area contributed by atoms with Crippen LogP contribution in [0.1, 0.15) is 76.0 Å². The van der Waals surface area contributed by atoms with Crippen LogP contribution in [0.3, 0.4) is 0 Å². The highest BCUT2D eigenvalue weighted by atomic mass is 15.4. The second-order valence-corrected chi connectivity index (χ2v) is 7.03. The van der Waals surface area contributed by atoms with E-state index in [9.17, 15) is 0 Å². The fraction of sp³-hybridized carbons (Fsp3) is 0.714. The molecule has 0 spiro atoms. The van der Waals surface area contributed by atoms with E-state index in [2.05, 4.69) is 53.7 Å². The highest BCUT2D eigenvalue weighted by Gasteiger charge is 2.31. The van der Waals surface area contributed by atoms with Gasteiger partial charge in [-0.3, -0.25) is 4.48 Å². The molecule has 0 atom stereocenters. The smallest absolute Gasteiger partial charge is 0.136 e. The lowest BCUT2D eigenvalue weighted by Gasteiger charge is -2.40. The van der Waals surface area contributed by atoms with Crippen molar-refractivity contribution < 1.29 is 0 Å². The van der Waals surface area contributed by atoms with E-state index in [1.165, 1.54) is 79.3 Å². The summed E-state index contributed by atoms with van der Waals surface area (Å²) in [7, 11) is 0. The number of aryl methyl sites for hydroxylation is 1. The fourth-order valence-corrected chi connectivity index (χ4v) is 3.53. The molecule has 0 heterocycles. The third-order valence-corrected chi connectivity index (χ3v) is 5.36. The van der Waals surface area contributed by atoms with Gasteiger partial charge in [0.15, 0.2) is 0 Å². The van der Waals surface area contributed by atoms with E-state index in [0.29, 0.717) is 0 Å². The second kappa shape index (κ2) is 9.35. The zero-order chi connectivity index (χ0) is 16.6. The number of benzene rings is 1. The zero-order valence-electron chi connectivity index (χ0n) is 16.0. The molecule has 0 bridgehead atoms. The zero-order valence-corrected chi connectivity index (χ0v) is 16.0. The first-order chi connectivity index (χ1) is 10.5. The first-order valence-electron chi connectivity index (χ1n) is 9.45. The Morgan fingerprint density at radius 1 is 0.682 bits per heavy atom. The molecule has 0 aliphatic rings. The topological polar surface area (TPSA) is 0 Å². The predicted octanol–water partition coefficient (Wildman–Crippen LogP) is 6.32. The lowest BCUT2D eigenvalue weighted by atomic mass is 9.99. The Morgan fingerprint density at radius 2 is 1.14 bits per heavy atom. The van der Waals surface area contributed by atoms with Crippen molar-refractivity contribution in [1.29, 1.82) is 0 Å². The van der Waals surface area contributed by atoms with Gasteiger partial charge in [0, 0.05) is 5.56 Å². The van der Waals surface area contributed by atoms with Gasteiger partial charge in [0.2, 0.25) is 0 Å². The molecule has 0 radical (unpaired) electrons. The van der Waals surface area contributed by atoms with Crippen LogP contribution in [-0.2, 0) is 0 Å². The molecular weight excluding hydrogens is 266 g/mol. The van der Waals surface area contributed by atoms with Gasteiger partial charge < -0.3 is 0 Å². The van der Waals surface area contributed by atoms with E-state index in [-0.39, 0.29) is 0 Å². The predicted molar refractivity (Wildman–Crippen MR) is 102 cm³/mol. The van der Waals surface area contributed by atoms with Crippen LogP contribution in [0.5, 0.6) is 0 Å². The molecule has 1 rings (SSSR count). The minimum absolute atomic E-state index is 1.21. The Kier molecular flexibility index (Phi) is 8.17. The average molecular weight is 305 g/mol. The van der Waals surface area contributed by atoms with Gasteiger partial charge in [0.25, 0.3) is 0 Å². The summed E-state index contributed by atoms with van der Waals surface area (Å²) in [6, 6.07) is 4.77. The van der Waals surface area contributed by atoms with Gasteiger partial charge in [-0.15, -0.1) is 0 Å². The standard InChI is InChI=1S/C21H38N/c1-7-10-15-22(16-11-8-2,17-12-9-3)21-14-13-18(4)19(5)20(21)6/h13-14H,7-12,15-17H2,1-6H3/q+1. The molecule has 1 nitrogen and oxygen atoms in total. The van der Waals surface area contributed by atoms with Crippen LogP contribution in [0.25, 0.3) is 0 Å². The minimum atomic E-state index is 1.21. The maximum atomic E-state index is 2.43. The van der Waals surface area contributed by atoms with Crippen molar-refractivity contribution in [3.63, 3.8) is 0 Å².